The van der Waals surface area contributed by atoms with E-state index in [1.54, 1.807) is 0 Å². The van der Waals surface area contributed by atoms with Gasteiger partial charge in [0.15, 0.2) is 5.75 Å². The Labute approximate surface area is 87.7 Å². The highest BCUT2D eigenvalue weighted by molar-refractivity contribution is 5.90. The third-order valence-corrected chi connectivity index (χ3v) is 1.70. The third kappa shape index (κ3) is 3.55. The maximum Gasteiger partial charge on any atom is 0.339 e. The van der Waals surface area contributed by atoms with Gasteiger partial charge in [-0.2, -0.15) is 0 Å². The van der Waals surface area contributed by atoms with Gasteiger partial charge in [-0.05, 0) is 13.0 Å². The molecule has 0 unspecified atom stereocenters. The van der Waals surface area contributed by atoms with E-state index in [1.807, 2.05) is 6.92 Å². The number of pyridine rings is 1. The predicted molar refractivity (Wildman–Crippen MR) is 53.2 cm³/mol. The first-order valence-corrected chi connectivity index (χ1v) is 4.63. The number of aromatic nitrogens is 1. The molecule has 0 aliphatic heterocycles. The molecule has 0 fully saturated rings. The van der Waals surface area contributed by atoms with Crippen molar-refractivity contribution in [1.29, 1.82) is 0 Å². The number of hydrogen-bond acceptors (Lipinski definition) is 4. The van der Waals surface area contributed by atoms with Gasteiger partial charge in [0.25, 0.3) is 0 Å². The largest absolute Gasteiger partial charge is 0.489 e. The molecule has 1 heterocycles. The second-order valence-electron chi connectivity index (χ2n) is 2.72. The Balaban J connectivity index is 2.56. The van der Waals surface area contributed by atoms with E-state index in [1.165, 1.54) is 18.5 Å². The number of nitrogens with zero attached hydrogens (tertiary/aromatic N) is 1. The molecule has 0 saturated heterocycles. The normalized spacial score (nSPS) is 9.93. The fourth-order valence-electron chi connectivity index (χ4n) is 1.03. The van der Waals surface area contributed by atoms with Gasteiger partial charge < -0.3 is 14.6 Å². The van der Waals surface area contributed by atoms with Crippen molar-refractivity contribution in [2.24, 2.45) is 0 Å². The van der Waals surface area contributed by atoms with Crippen molar-refractivity contribution >= 4 is 5.97 Å². The van der Waals surface area contributed by atoms with Gasteiger partial charge in [-0.3, -0.25) is 4.98 Å². The molecule has 0 atom stereocenters. The Morgan fingerprint density at radius 1 is 1.53 bits per heavy atom. The van der Waals surface area contributed by atoms with Gasteiger partial charge in [0.05, 0.1) is 12.8 Å². The van der Waals surface area contributed by atoms with Gasteiger partial charge in [0.2, 0.25) is 0 Å². The Morgan fingerprint density at radius 3 is 3.00 bits per heavy atom. The standard InChI is InChI=1S/C10H13NO4/c1-2-14-5-6-15-9-7-11-4-3-8(9)10(12)13/h3-4,7H,2,5-6H2,1H3,(H,12,13). The van der Waals surface area contributed by atoms with Crippen LogP contribution in [0.5, 0.6) is 5.75 Å². The van der Waals surface area contributed by atoms with Crippen LogP contribution in [0.4, 0.5) is 0 Å². The van der Waals surface area contributed by atoms with Crippen LogP contribution >= 0.6 is 0 Å². The van der Waals surface area contributed by atoms with Crippen molar-refractivity contribution in [3.05, 3.63) is 24.0 Å². The van der Waals surface area contributed by atoms with Crippen molar-refractivity contribution in [3.63, 3.8) is 0 Å². The van der Waals surface area contributed by atoms with Crippen LogP contribution in [0.15, 0.2) is 18.5 Å². The van der Waals surface area contributed by atoms with Crippen molar-refractivity contribution in [3.8, 4) is 5.75 Å². The topological polar surface area (TPSA) is 68.7 Å². The monoisotopic (exact) mass is 211 g/mol. The summed E-state index contributed by atoms with van der Waals surface area (Å²) >= 11 is 0. The number of hydrogen-bond donors (Lipinski definition) is 1. The Kier molecular flexibility index (Phi) is 4.56. The molecule has 15 heavy (non-hydrogen) atoms. The molecule has 0 aliphatic rings. The molecule has 1 N–H and O–H groups in total. The second-order valence-corrected chi connectivity index (χ2v) is 2.72. The highest BCUT2D eigenvalue weighted by atomic mass is 16.5. The molecule has 1 aromatic heterocycles. The van der Waals surface area contributed by atoms with Crippen molar-refractivity contribution in [2.75, 3.05) is 19.8 Å². The zero-order valence-corrected chi connectivity index (χ0v) is 8.47. The number of rotatable bonds is 6. The quantitative estimate of drug-likeness (QED) is 0.716. The molecule has 5 heteroatoms. The summed E-state index contributed by atoms with van der Waals surface area (Å²) in [4.78, 5) is 14.6. The molecule has 5 nitrogen and oxygen atoms in total. The fourth-order valence-corrected chi connectivity index (χ4v) is 1.03. The van der Waals surface area contributed by atoms with E-state index in [4.69, 9.17) is 14.6 Å². The minimum Gasteiger partial charge on any atom is -0.489 e. The minimum atomic E-state index is -1.02. The molecule has 82 valence electrons. The molecule has 1 rings (SSSR count). The number of ether oxygens (including phenoxy) is 2. The molecule has 0 amide bonds. The molecular formula is C10H13NO4. The molecule has 0 spiro atoms. The lowest BCUT2D eigenvalue weighted by atomic mass is 10.2. The maximum atomic E-state index is 10.8. The zero-order chi connectivity index (χ0) is 11.1. The van der Waals surface area contributed by atoms with Crippen LogP contribution in [-0.2, 0) is 4.74 Å². The van der Waals surface area contributed by atoms with Crippen LogP contribution in [0, 0.1) is 0 Å². The summed E-state index contributed by atoms with van der Waals surface area (Å²) in [7, 11) is 0. The Hall–Kier alpha value is -1.62. The van der Waals surface area contributed by atoms with Crippen molar-refractivity contribution in [1.82, 2.24) is 4.98 Å². The van der Waals surface area contributed by atoms with E-state index < -0.39 is 5.97 Å². The zero-order valence-electron chi connectivity index (χ0n) is 8.47. The molecule has 0 aromatic carbocycles. The summed E-state index contributed by atoms with van der Waals surface area (Å²) in [6, 6.07) is 1.40. The number of carboxylic acid groups (broad SMARTS) is 1. The van der Waals surface area contributed by atoms with Crippen LogP contribution in [-0.4, -0.2) is 35.9 Å². The second kappa shape index (κ2) is 5.98. The molecule has 0 bridgehead atoms. The van der Waals surface area contributed by atoms with Crippen molar-refractivity contribution < 1.29 is 19.4 Å². The van der Waals surface area contributed by atoms with Gasteiger partial charge in [-0.25, -0.2) is 4.79 Å². The summed E-state index contributed by atoms with van der Waals surface area (Å²) in [6.45, 7) is 3.25. The minimum absolute atomic E-state index is 0.112. The maximum absolute atomic E-state index is 10.8. The van der Waals surface area contributed by atoms with Gasteiger partial charge in [0, 0.05) is 12.8 Å². The highest BCUT2D eigenvalue weighted by Crippen LogP contribution is 2.15. The summed E-state index contributed by atoms with van der Waals surface area (Å²) in [5.74, 6) is -0.756. The van der Waals surface area contributed by atoms with E-state index in [2.05, 4.69) is 4.98 Å². The van der Waals surface area contributed by atoms with Crippen molar-refractivity contribution in [2.45, 2.75) is 6.92 Å². The van der Waals surface area contributed by atoms with E-state index in [0.29, 0.717) is 19.8 Å². The fraction of sp³-hybridized carbons (Fsp3) is 0.400. The van der Waals surface area contributed by atoms with Crippen LogP contribution in [0.25, 0.3) is 0 Å². The molecule has 0 aliphatic carbocycles. The van der Waals surface area contributed by atoms with Gasteiger partial charge in [-0.15, -0.1) is 0 Å². The first-order chi connectivity index (χ1) is 7.25. The van der Waals surface area contributed by atoms with Crippen LogP contribution in [0.1, 0.15) is 17.3 Å². The SMILES string of the molecule is CCOCCOc1cnccc1C(=O)O. The van der Waals surface area contributed by atoms with Crippen LogP contribution in [0.3, 0.4) is 0 Å². The smallest absolute Gasteiger partial charge is 0.339 e. The summed E-state index contributed by atoms with van der Waals surface area (Å²) in [5.41, 5.74) is 0.112. The molecule has 1 aromatic rings. The molecular weight excluding hydrogens is 198 g/mol. The summed E-state index contributed by atoms with van der Waals surface area (Å²) < 4.78 is 10.3. The Bertz CT molecular complexity index is 327. The summed E-state index contributed by atoms with van der Waals surface area (Å²) in [5, 5.41) is 8.83. The molecule has 0 radical (unpaired) electrons. The average Bonchev–Trinajstić information content (AvgIpc) is 2.25. The number of carbonyl (C=O) groups is 1. The first-order valence-electron chi connectivity index (χ1n) is 4.63. The van der Waals surface area contributed by atoms with E-state index >= 15 is 0 Å². The summed E-state index contributed by atoms with van der Waals surface area (Å²) in [6.07, 6.45) is 2.80. The predicted octanol–water partition coefficient (Wildman–Crippen LogP) is 1.20. The lowest BCUT2D eigenvalue weighted by Gasteiger charge is -2.07. The number of carboxylic acids is 1. The Morgan fingerprint density at radius 2 is 2.33 bits per heavy atom. The third-order valence-electron chi connectivity index (χ3n) is 1.70. The van der Waals surface area contributed by atoms with E-state index in [0.717, 1.165) is 0 Å². The highest BCUT2D eigenvalue weighted by Gasteiger charge is 2.10. The lowest BCUT2D eigenvalue weighted by Crippen LogP contribution is -2.09. The van der Waals surface area contributed by atoms with Gasteiger partial charge in [0.1, 0.15) is 12.2 Å². The average molecular weight is 211 g/mol. The van der Waals surface area contributed by atoms with Gasteiger partial charge in [-0.1, -0.05) is 0 Å². The van der Waals surface area contributed by atoms with E-state index in [-0.39, 0.29) is 11.3 Å². The number of aromatic carboxylic acids is 1. The lowest BCUT2D eigenvalue weighted by molar-refractivity contribution is 0.0686. The first kappa shape index (κ1) is 11.5. The molecule has 0 saturated carbocycles. The van der Waals surface area contributed by atoms with Crippen LogP contribution < -0.4 is 4.74 Å². The van der Waals surface area contributed by atoms with E-state index in [9.17, 15) is 4.79 Å². The van der Waals surface area contributed by atoms with Crippen LogP contribution in [0.2, 0.25) is 0 Å². The van der Waals surface area contributed by atoms with Gasteiger partial charge >= 0.3 is 5.97 Å².